The van der Waals surface area contributed by atoms with Crippen molar-refractivity contribution in [1.82, 2.24) is 0 Å². The summed E-state index contributed by atoms with van der Waals surface area (Å²) in [6.07, 6.45) is 0. The van der Waals surface area contributed by atoms with E-state index in [0.29, 0.717) is 0 Å². The molecule has 0 heterocycles. The van der Waals surface area contributed by atoms with Crippen LogP contribution in [0, 0.1) is 0 Å². The van der Waals surface area contributed by atoms with Crippen molar-refractivity contribution in [3.63, 3.8) is 0 Å². The Balaban J connectivity index is 0. The Morgan fingerprint density at radius 1 is 0.900 bits per heavy atom. The average Bonchev–Trinajstić information content (AvgIpc) is 1.14. The number of hydrogen-bond acceptors (Lipinski definition) is 4. The third kappa shape index (κ3) is 12.3. The molecule has 9 heteroatoms. The first-order chi connectivity index (χ1) is 3.71. The summed E-state index contributed by atoms with van der Waals surface area (Å²) in [5, 5.41) is -1.65. The van der Waals surface area contributed by atoms with Crippen LogP contribution in [-0.2, 0) is 20.2 Å². The van der Waals surface area contributed by atoms with Crippen molar-refractivity contribution in [2.75, 3.05) is 5.08 Å². The van der Waals surface area contributed by atoms with Crippen LogP contribution in [0.4, 0.5) is 0 Å². The summed E-state index contributed by atoms with van der Waals surface area (Å²) in [7, 11) is -9.24. The molecule has 0 aromatic carbocycles. The maximum atomic E-state index is 9.66. The molecule has 0 amide bonds. The summed E-state index contributed by atoms with van der Waals surface area (Å²) in [6, 6.07) is 0. The van der Waals surface area contributed by atoms with E-state index in [1.54, 1.807) is 0 Å². The minimum atomic E-state index is -4.62. The second kappa shape index (κ2) is 4.60. The molecule has 0 aliphatic carbocycles. The van der Waals surface area contributed by atoms with E-state index in [9.17, 15) is 16.8 Å². The molecular weight excluding hydrogens is 258 g/mol. The molecule has 0 rings (SSSR count). The second-order valence-electron chi connectivity index (χ2n) is 1.28. The van der Waals surface area contributed by atoms with Crippen molar-refractivity contribution in [2.24, 2.45) is 0 Å². The molecule has 0 fully saturated rings. The van der Waals surface area contributed by atoms with Gasteiger partial charge < -0.3 is 0 Å². The third-order valence-corrected chi connectivity index (χ3v) is 2.68. The Morgan fingerprint density at radius 3 is 1.10 bits per heavy atom. The van der Waals surface area contributed by atoms with E-state index in [4.69, 9.17) is 9.11 Å². The van der Waals surface area contributed by atoms with Gasteiger partial charge in [-0.05, 0) is 0 Å². The third-order valence-electron chi connectivity index (χ3n) is 0.298. The molecule has 0 saturated heterocycles. The van der Waals surface area contributed by atoms with Gasteiger partial charge in [-0.1, -0.05) is 0 Å². The predicted octanol–water partition coefficient (Wildman–Crippen LogP) is -1.93. The van der Waals surface area contributed by atoms with Gasteiger partial charge in [-0.25, -0.2) is 0 Å². The fourth-order valence-electron chi connectivity index (χ4n) is 0.188. The molecule has 58 valence electrons. The summed E-state index contributed by atoms with van der Waals surface area (Å²) >= 11 is 0. The summed E-state index contributed by atoms with van der Waals surface area (Å²) in [5.41, 5.74) is 0. The van der Waals surface area contributed by atoms with Crippen molar-refractivity contribution in [2.45, 2.75) is 0 Å². The van der Waals surface area contributed by atoms with Gasteiger partial charge in [0.15, 0.2) is 0 Å². The van der Waals surface area contributed by atoms with E-state index in [2.05, 4.69) is 0 Å². The van der Waals surface area contributed by atoms with Gasteiger partial charge in [0.05, 0.1) is 0 Å². The van der Waals surface area contributed by atoms with Crippen molar-refractivity contribution < 1.29 is 25.9 Å². The molecule has 0 aromatic rings. The first-order valence-corrected chi connectivity index (χ1v) is 4.83. The summed E-state index contributed by atoms with van der Waals surface area (Å²) in [5.74, 6) is 0. The van der Waals surface area contributed by atoms with Crippen LogP contribution in [0.15, 0.2) is 0 Å². The van der Waals surface area contributed by atoms with Gasteiger partial charge in [-0.3, -0.25) is 9.11 Å². The van der Waals surface area contributed by atoms with E-state index in [0.717, 1.165) is 0 Å². The van der Waals surface area contributed by atoms with E-state index in [-0.39, 0.29) is 58.2 Å². The Hall–Kier alpha value is 1.63. The van der Waals surface area contributed by atoms with Gasteiger partial charge in [-0.15, -0.1) is 0 Å². The molecule has 0 aliphatic heterocycles. The molecule has 0 unspecified atom stereocenters. The average molecular weight is 263 g/mol. The molecule has 0 bridgehead atoms. The van der Waals surface area contributed by atoms with Gasteiger partial charge in [0, 0.05) is 0 Å². The van der Waals surface area contributed by atoms with Crippen molar-refractivity contribution >= 4 is 78.4 Å². The predicted molar refractivity (Wildman–Crippen MR) is 35.1 cm³/mol. The Bertz CT molecular complexity index is 241. The summed E-state index contributed by atoms with van der Waals surface area (Å²) in [6.45, 7) is 0. The van der Waals surface area contributed by atoms with Gasteiger partial charge >= 0.3 is 58.2 Å². The van der Waals surface area contributed by atoms with Gasteiger partial charge in [0.2, 0.25) is 5.08 Å². The number of hydrogen-bond donors (Lipinski definition) is 2. The van der Waals surface area contributed by atoms with Crippen LogP contribution in [0.3, 0.4) is 0 Å². The van der Waals surface area contributed by atoms with Crippen molar-refractivity contribution in [3.05, 3.63) is 0 Å². The normalized spacial score (nSPS) is 12.2. The molecule has 0 radical (unpaired) electrons. The van der Waals surface area contributed by atoms with E-state index in [1.165, 1.54) is 0 Å². The van der Waals surface area contributed by atoms with Gasteiger partial charge in [0.25, 0.3) is 20.2 Å². The Labute approximate surface area is 107 Å². The molecule has 10 heavy (non-hydrogen) atoms. The fraction of sp³-hybridized carbons (Fsp3) is 1.00. The molecule has 2 N–H and O–H groups in total. The van der Waals surface area contributed by atoms with Crippen LogP contribution in [0.25, 0.3) is 0 Å². The fourth-order valence-corrected chi connectivity index (χ4v) is 1.69. The molecule has 0 aromatic heterocycles. The van der Waals surface area contributed by atoms with E-state index >= 15 is 0 Å². The monoisotopic (exact) mass is 262 g/mol. The van der Waals surface area contributed by atoms with Crippen LogP contribution in [0.2, 0.25) is 0 Å². The molecule has 6 nitrogen and oxygen atoms in total. The number of rotatable bonds is 2. The van der Waals surface area contributed by atoms with Crippen LogP contribution >= 0.6 is 0 Å². The van der Waals surface area contributed by atoms with Crippen LogP contribution in [0.1, 0.15) is 0 Å². The zero-order chi connectivity index (χ0) is 7.71. The second-order valence-corrected chi connectivity index (χ2v) is 4.55. The van der Waals surface area contributed by atoms with Crippen LogP contribution < -0.4 is 0 Å². The van der Waals surface area contributed by atoms with Crippen molar-refractivity contribution in [3.8, 4) is 0 Å². The summed E-state index contributed by atoms with van der Waals surface area (Å²) < 4.78 is 54.2. The van der Waals surface area contributed by atoms with Gasteiger partial charge in [-0.2, -0.15) is 16.8 Å². The summed E-state index contributed by atoms with van der Waals surface area (Å²) in [4.78, 5) is 0. The SMILES string of the molecule is O=S(=O)(O)CS(=O)(=O)O.[RbH]. The van der Waals surface area contributed by atoms with Crippen LogP contribution in [-0.4, -0.2) is 89.2 Å². The minimum absolute atomic E-state index is 0. The Kier molecular flexibility index (Phi) is 6.52. The topological polar surface area (TPSA) is 109 Å². The first-order valence-electron chi connectivity index (χ1n) is 1.61. The zero-order valence-electron chi connectivity index (χ0n) is 4.05. The maximum absolute atomic E-state index is 9.66. The zero-order valence-corrected chi connectivity index (χ0v) is 5.68. The molecular formula is CH5O6RbS2. The van der Waals surface area contributed by atoms with Crippen LogP contribution in [0.5, 0.6) is 0 Å². The first kappa shape index (κ1) is 14.2. The molecule has 0 atom stereocenters. The Morgan fingerprint density at radius 2 is 1.10 bits per heavy atom. The molecule has 0 saturated carbocycles. The van der Waals surface area contributed by atoms with Gasteiger partial charge in [0.1, 0.15) is 0 Å². The molecule has 0 spiro atoms. The van der Waals surface area contributed by atoms with E-state index < -0.39 is 25.3 Å². The van der Waals surface area contributed by atoms with E-state index in [1.807, 2.05) is 0 Å². The standard InChI is InChI=1S/CH4O6S2.Rb.H/c2-8(3,4)1-9(5,6)7;;/h1H2,(H,2,3,4)(H,5,6,7);;. The quantitative estimate of drug-likeness (QED) is 0.561. The molecule has 0 aliphatic rings. The van der Waals surface area contributed by atoms with Crippen molar-refractivity contribution in [1.29, 1.82) is 0 Å².